The monoisotopic (exact) mass is 536 g/mol. The van der Waals surface area contributed by atoms with Gasteiger partial charge in [0.05, 0.1) is 40.9 Å². The van der Waals surface area contributed by atoms with E-state index in [1.807, 2.05) is 13.0 Å². The van der Waals surface area contributed by atoms with Crippen molar-refractivity contribution in [2.45, 2.75) is 38.9 Å². The number of pyridine rings is 1. The second-order valence-electron chi connectivity index (χ2n) is 9.05. The van der Waals surface area contributed by atoms with Crippen LogP contribution in [0.4, 0.5) is 17.6 Å². The number of amides is 1. The fraction of sp³-hybridized carbons (Fsp3) is 0.241. The third kappa shape index (κ3) is 5.67. The maximum atomic E-state index is 13.8. The van der Waals surface area contributed by atoms with Crippen molar-refractivity contribution < 1.29 is 22.4 Å². The van der Waals surface area contributed by atoms with Crippen LogP contribution in [0.5, 0.6) is 0 Å². The minimum atomic E-state index is -4.90. The van der Waals surface area contributed by atoms with Crippen LogP contribution in [0.2, 0.25) is 0 Å². The Morgan fingerprint density at radius 1 is 1.13 bits per heavy atom. The van der Waals surface area contributed by atoms with Gasteiger partial charge in [-0.1, -0.05) is 31.2 Å². The number of nitrogens with zero attached hydrogens (tertiary/aromatic N) is 4. The highest BCUT2D eigenvalue weighted by Crippen LogP contribution is 2.33. The van der Waals surface area contributed by atoms with E-state index in [-0.39, 0.29) is 23.2 Å². The predicted octanol–water partition coefficient (Wildman–Crippen LogP) is 5.93. The van der Waals surface area contributed by atoms with Crippen LogP contribution >= 0.6 is 0 Å². The summed E-state index contributed by atoms with van der Waals surface area (Å²) in [6.45, 7) is 3.79. The Hall–Kier alpha value is -4.52. The van der Waals surface area contributed by atoms with E-state index < -0.39 is 35.9 Å². The number of alkyl halides is 3. The molecule has 0 N–H and O–H groups in total. The quantitative estimate of drug-likeness (QED) is 0.274. The molecule has 0 saturated heterocycles. The molecule has 10 heteroatoms. The van der Waals surface area contributed by atoms with Gasteiger partial charge in [-0.25, -0.2) is 9.37 Å². The molecular formula is C29H24F4N4O2. The van der Waals surface area contributed by atoms with E-state index in [9.17, 15) is 32.4 Å². The minimum absolute atomic E-state index is 0.0147. The molecule has 0 bridgehead atoms. The van der Waals surface area contributed by atoms with Gasteiger partial charge in [0.25, 0.3) is 5.56 Å². The zero-order valence-corrected chi connectivity index (χ0v) is 21.2. The van der Waals surface area contributed by atoms with Crippen LogP contribution in [0.15, 0.2) is 71.7 Å². The molecule has 2 aromatic heterocycles. The molecule has 1 atom stereocenters. The second kappa shape index (κ2) is 11.1. The molecule has 0 aliphatic rings. The largest absolute Gasteiger partial charge is 0.419 e. The first-order valence-electron chi connectivity index (χ1n) is 12.2. The van der Waals surface area contributed by atoms with Crippen LogP contribution in [0, 0.1) is 17.1 Å². The number of fused-ring (bicyclic) bond motifs is 1. The lowest BCUT2D eigenvalue weighted by Crippen LogP contribution is -2.37. The molecule has 0 aliphatic heterocycles. The molecule has 0 saturated carbocycles. The molecule has 200 valence electrons. The fourth-order valence-electron chi connectivity index (χ4n) is 4.49. The highest BCUT2D eigenvalue weighted by molar-refractivity contribution is 5.80. The second-order valence-corrected chi connectivity index (χ2v) is 9.05. The average molecular weight is 537 g/mol. The summed E-state index contributed by atoms with van der Waals surface area (Å²) in [7, 11) is 0. The van der Waals surface area contributed by atoms with Gasteiger partial charge >= 0.3 is 6.18 Å². The lowest BCUT2D eigenvalue weighted by atomic mass is 9.98. The van der Waals surface area contributed by atoms with Crippen molar-refractivity contribution in [2.24, 2.45) is 0 Å². The summed E-state index contributed by atoms with van der Waals surface area (Å²) >= 11 is 0. The SMILES string of the molecule is CCCN(C(=O)Cc1ccc(F)c(C(F)(F)F)c1)C(C)c1nc2ccccn2c(=O)c1-c1ccc(C#N)cc1. The first kappa shape index (κ1) is 27.5. The van der Waals surface area contributed by atoms with Crippen molar-refractivity contribution in [1.82, 2.24) is 14.3 Å². The van der Waals surface area contributed by atoms with E-state index in [0.29, 0.717) is 41.0 Å². The summed E-state index contributed by atoms with van der Waals surface area (Å²) in [5.74, 6) is -1.91. The Morgan fingerprint density at radius 3 is 2.49 bits per heavy atom. The number of nitriles is 1. The number of benzene rings is 2. The molecule has 1 unspecified atom stereocenters. The summed E-state index contributed by atoms with van der Waals surface area (Å²) in [5, 5.41) is 9.17. The Labute approximate surface area is 221 Å². The van der Waals surface area contributed by atoms with Crippen LogP contribution in [0.3, 0.4) is 0 Å². The van der Waals surface area contributed by atoms with Gasteiger partial charge < -0.3 is 4.90 Å². The zero-order chi connectivity index (χ0) is 28.3. The van der Waals surface area contributed by atoms with Crippen LogP contribution in [0.25, 0.3) is 16.8 Å². The normalized spacial score (nSPS) is 12.2. The zero-order valence-electron chi connectivity index (χ0n) is 21.2. The molecule has 0 radical (unpaired) electrons. The van der Waals surface area contributed by atoms with Gasteiger partial charge in [0.15, 0.2) is 0 Å². The number of rotatable bonds is 7. The van der Waals surface area contributed by atoms with E-state index in [4.69, 9.17) is 4.98 Å². The molecule has 0 aliphatic carbocycles. The molecule has 39 heavy (non-hydrogen) atoms. The van der Waals surface area contributed by atoms with E-state index >= 15 is 0 Å². The van der Waals surface area contributed by atoms with Gasteiger partial charge in [0.2, 0.25) is 5.91 Å². The van der Waals surface area contributed by atoms with Crippen molar-refractivity contribution in [3.05, 3.63) is 105 Å². The molecule has 4 rings (SSSR count). The fourth-order valence-corrected chi connectivity index (χ4v) is 4.49. The first-order valence-corrected chi connectivity index (χ1v) is 12.2. The molecule has 0 spiro atoms. The van der Waals surface area contributed by atoms with Gasteiger partial charge in [-0.15, -0.1) is 0 Å². The van der Waals surface area contributed by atoms with Crippen molar-refractivity contribution in [3.8, 4) is 17.2 Å². The van der Waals surface area contributed by atoms with Crippen molar-refractivity contribution in [2.75, 3.05) is 6.54 Å². The third-order valence-electron chi connectivity index (χ3n) is 6.40. The molecule has 2 heterocycles. The molecule has 4 aromatic rings. The summed E-state index contributed by atoms with van der Waals surface area (Å²) < 4.78 is 54.8. The Kier molecular flexibility index (Phi) is 7.81. The van der Waals surface area contributed by atoms with Crippen LogP contribution in [0.1, 0.15) is 48.7 Å². The summed E-state index contributed by atoms with van der Waals surface area (Å²) in [5.41, 5.74) is 0.0318. The molecule has 1 amide bonds. The lowest BCUT2D eigenvalue weighted by Gasteiger charge is -2.30. The topological polar surface area (TPSA) is 78.5 Å². The van der Waals surface area contributed by atoms with Gasteiger partial charge in [0, 0.05) is 12.7 Å². The highest BCUT2D eigenvalue weighted by Gasteiger charge is 2.34. The van der Waals surface area contributed by atoms with E-state index in [2.05, 4.69) is 0 Å². The number of carbonyl (C=O) groups is 1. The van der Waals surface area contributed by atoms with E-state index in [1.54, 1.807) is 55.6 Å². The number of hydrogen-bond acceptors (Lipinski definition) is 4. The van der Waals surface area contributed by atoms with E-state index in [1.165, 1.54) is 9.30 Å². The summed E-state index contributed by atoms with van der Waals surface area (Å²) in [6.07, 6.45) is -3.18. The molecule has 0 fully saturated rings. The lowest BCUT2D eigenvalue weighted by molar-refractivity contribution is -0.140. The van der Waals surface area contributed by atoms with Crippen LogP contribution < -0.4 is 5.56 Å². The number of halogens is 4. The molecule has 6 nitrogen and oxygen atoms in total. The van der Waals surface area contributed by atoms with Crippen LogP contribution in [-0.4, -0.2) is 26.7 Å². The maximum absolute atomic E-state index is 13.8. The number of hydrogen-bond donors (Lipinski definition) is 0. The minimum Gasteiger partial charge on any atom is -0.334 e. The first-order chi connectivity index (χ1) is 18.5. The average Bonchev–Trinajstić information content (AvgIpc) is 2.91. The third-order valence-corrected chi connectivity index (χ3v) is 6.40. The van der Waals surface area contributed by atoms with Gasteiger partial charge in [-0.05, 0) is 60.9 Å². The molecule has 2 aromatic carbocycles. The van der Waals surface area contributed by atoms with Gasteiger partial charge in [-0.2, -0.15) is 18.4 Å². The maximum Gasteiger partial charge on any atom is 0.419 e. The highest BCUT2D eigenvalue weighted by atomic mass is 19.4. The number of aromatic nitrogens is 2. The van der Waals surface area contributed by atoms with Crippen molar-refractivity contribution in [1.29, 1.82) is 5.26 Å². The Balaban J connectivity index is 1.79. The standard InChI is InChI=1S/C29H24F4N4O2/c1-3-13-36(25(38)16-20-9-12-23(30)22(15-20)29(31,32)33)18(2)27-26(21-10-7-19(17-34)8-11-21)28(39)37-14-5-4-6-24(37)35-27/h4-12,14-15,18H,3,13,16H2,1-2H3. The summed E-state index contributed by atoms with van der Waals surface area (Å²) in [6, 6.07) is 15.3. The Bertz CT molecular complexity index is 1620. The van der Waals surface area contributed by atoms with Gasteiger partial charge in [-0.3, -0.25) is 14.0 Å². The van der Waals surface area contributed by atoms with Crippen molar-refractivity contribution in [3.63, 3.8) is 0 Å². The smallest absolute Gasteiger partial charge is 0.334 e. The molecular weight excluding hydrogens is 512 g/mol. The van der Waals surface area contributed by atoms with Gasteiger partial charge in [0.1, 0.15) is 11.5 Å². The predicted molar refractivity (Wildman–Crippen MR) is 137 cm³/mol. The number of carbonyl (C=O) groups excluding carboxylic acids is 1. The van der Waals surface area contributed by atoms with Crippen LogP contribution in [-0.2, 0) is 17.4 Å². The van der Waals surface area contributed by atoms with Crippen molar-refractivity contribution >= 4 is 11.6 Å². The van der Waals surface area contributed by atoms with E-state index in [0.717, 1.165) is 6.07 Å². The summed E-state index contributed by atoms with van der Waals surface area (Å²) in [4.78, 5) is 33.2. The Morgan fingerprint density at radius 2 is 1.85 bits per heavy atom.